The first kappa shape index (κ1) is 27.8. The van der Waals surface area contributed by atoms with Gasteiger partial charge in [-0.25, -0.2) is 0 Å². The topological polar surface area (TPSA) is 19.6 Å². The molecule has 2 aliphatic heterocycles. The molecule has 0 fully saturated rings. The van der Waals surface area contributed by atoms with Crippen LogP contribution in [-0.4, -0.2) is 6.85 Å². The van der Waals surface area contributed by atoms with Gasteiger partial charge < -0.3 is 14.1 Å². The summed E-state index contributed by atoms with van der Waals surface area (Å²) in [5.74, 6) is 0.909. The molecule has 0 spiro atoms. The van der Waals surface area contributed by atoms with E-state index < -0.39 is 0 Å². The molecular weight excluding hydrogens is 571 g/mol. The van der Waals surface area contributed by atoms with Gasteiger partial charge in [0.25, 0.3) is 0 Å². The SMILES string of the molecule is Cc1cc2c(N3B4c5ccccc5N(c5ccc(C(C)(C)C)cc5)c5cccc(c54)-c4ccccc43)c(-c3ccccc3)ccc2o1. The summed E-state index contributed by atoms with van der Waals surface area (Å²) in [4.78, 5) is 5.06. The summed E-state index contributed by atoms with van der Waals surface area (Å²) in [6.07, 6.45) is 0. The Bertz CT molecular complexity index is 2310. The third kappa shape index (κ3) is 4.21. The summed E-state index contributed by atoms with van der Waals surface area (Å²) >= 11 is 0. The zero-order valence-corrected chi connectivity index (χ0v) is 27.2. The van der Waals surface area contributed by atoms with Crippen molar-refractivity contribution in [3.8, 4) is 22.3 Å². The molecule has 1 aromatic heterocycles. The smallest absolute Gasteiger partial charge is 0.333 e. The van der Waals surface area contributed by atoms with Gasteiger partial charge in [-0.2, -0.15) is 0 Å². The second-order valence-electron chi connectivity index (χ2n) is 13.8. The van der Waals surface area contributed by atoms with Crippen molar-refractivity contribution in [2.45, 2.75) is 33.1 Å². The summed E-state index contributed by atoms with van der Waals surface area (Å²) < 4.78 is 6.30. The van der Waals surface area contributed by atoms with E-state index in [-0.39, 0.29) is 12.3 Å². The number of benzene rings is 6. The number of para-hydroxylation sites is 2. The normalized spacial score (nSPS) is 13.4. The first-order valence-electron chi connectivity index (χ1n) is 16.5. The highest BCUT2D eigenvalue weighted by molar-refractivity contribution is 6.93. The van der Waals surface area contributed by atoms with Crippen molar-refractivity contribution in [3.05, 3.63) is 151 Å². The van der Waals surface area contributed by atoms with Gasteiger partial charge in [0.1, 0.15) is 11.3 Å². The van der Waals surface area contributed by atoms with E-state index in [2.05, 4.69) is 170 Å². The number of furan rings is 1. The van der Waals surface area contributed by atoms with Crippen LogP contribution < -0.4 is 20.6 Å². The predicted octanol–water partition coefficient (Wildman–Crippen LogP) is 10.4. The molecule has 3 nitrogen and oxygen atoms in total. The fraction of sp³-hybridized carbons (Fsp3) is 0.116. The Morgan fingerprint density at radius 3 is 2.06 bits per heavy atom. The highest BCUT2D eigenvalue weighted by Gasteiger charge is 2.45. The van der Waals surface area contributed by atoms with Gasteiger partial charge in [-0.3, -0.25) is 0 Å². The van der Waals surface area contributed by atoms with Crippen LogP contribution in [0.5, 0.6) is 0 Å². The lowest BCUT2D eigenvalue weighted by molar-refractivity contribution is 0.578. The first-order valence-corrected chi connectivity index (χ1v) is 16.5. The number of anilines is 5. The maximum Gasteiger partial charge on any atom is 0.333 e. The van der Waals surface area contributed by atoms with Crippen LogP contribution in [0.1, 0.15) is 32.1 Å². The number of hydrogen-bond acceptors (Lipinski definition) is 3. The third-order valence-electron chi connectivity index (χ3n) is 9.89. The Morgan fingerprint density at radius 2 is 1.28 bits per heavy atom. The van der Waals surface area contributed by atoms with E-state index in [9.17, 15) is 0 Å². The van der Waals surface area contributed by atoms with Crippen LogP contribution in [0.2, 0.25) is 0 Å². The molecule has 0 saturated heterocycles. The van der Waals surface area contributed by atoms with Crippen molar-refractivity contribution in [3.63, 3.8) is 0 Å². The summed E-state index contributed by atoms with van der Waals surface area (Å²) in [6, 6.07) is 51.1. The van der Waals surface area contributed by atoms with Gasteiger partial charge in [0.15, 0.2) is 0 Å². The lowest BCUT2D eigenvalue weighted by Gasteiger charge is -2.46. The number of nitrogens with zero attached hydrogens (tertiary/aromatic N) is 2. The van der Waals surface area contributed by atoms with Gasteiger partial charge in [-0.05, 0) is 88.5 Å². The van der Waals surface area contributed by atoms with Crippen LogP contribution in [0.15, 0.2) is 144 Å². The van der Waals surface area contributed by atoms with Crippen LogP contribution in [0.25, 0.3) is 33.2 Å². The van der Waals surface area contributed by atoms with E-state index in [0.29, 0.717) is 0 Å². The van der Waals surface area contributed by atoms with E-state index in [1.54, 1.807) is 0 Å². The van der Waals surface area contributed by atoms with Crippen molar-refractivity contribution in [2.75, 3.05) is 9.71 Å². The molecule has 0 unspecified atom stereocenters. The van der Waals surface area contributed by atoms with Crippen LogP contribution in [0, 0.1) is 6.92 Å². The molecule has 7 aromatic rings. The fourth-order valence-electron chi connectivity index (χ4n) is 7.77. The van der Waals surface area contributed by atoms with Crippen LogP contribution in [-0.2, 0) is 5.41 Å². The maximum absolute atomic E-state index is 6.30. The molecule has 0 bridgehead atoms. The van der Waals surface area contributed by atoms with E-state index >= 15 is 0 Å². The molecule has 0 N–H and O–H groups in total. The van der Waals surface area contributed by atoms with Gasteiger partial charge in [0.2, 0.25) is 0 Å². The Labute approximate surface area is 276 Å². The Kier molecular flexibility index (Phi) is 6.07. The molecule has 0 atom stereocenters. The molecule has 0 saturated carbocycles. The van der Waals surface area contributed by atoms with E-state index in [1.165, 1.54) is 67.2 Å². The molecule has 9 rings (SSSR count). The minimum Gasteiger partial charge on any atom is -0.461 e. The molecule has 0 amide bonds. The largest absolute Gasteiger partial charge is 0.461 e. The molecule has 226 valence electrons. The highest BCUT2D eigenvalue weighted by Crippen LogP contribution is 2.50. The molecule has 4 heteroatoms. The second-order valence-corrected chi connectivity index (χ2v) is 13.8. The monoisotopic (exact) mass is 606 g/mol. The standard InChI is InChI=1S/C43H35BN2O/c1-28-27-35-40(47-28)26-25-32(29-13-6-5-7-14-29)42(35)46-37-18-10-8-15-33(37)34-16-12-20-39-41(34)44(46)36-17-9-11-19-38(36)45(39)31-23-21-30(22-24-31)43(2,3)4/h5-27H,1-4H3. The molecular formula is C43H35BN2O. The van der Waals surface area contributed by atoms with Crippen molar-refractivity contribution >= 4 is 57.2 Å². The fourth-order valence-corrected chi connectivity index (χ4v) is 7.77. The summed E-state index contributed by atoms with van der Waals surface area (Å²) in [5.41, 5.74) is 15.7. The van der Waals surface area contributed by atoms with E-state index in [1.807, 2.05) is 6.92 Å². The predicted molar refractivity (Wildman–Crippen MR) is 199 cm³/mol. The van der Waals surface area contributed by atoms with Gasteiger partial charge in [-0.15, -0.1) is 0 Å². The Hall–Kier alpha value is -5.48. The summed E-state index contributed by atoms with van der Waals surface area (Å²) in [7, 11) is 0. The second kappa shape index (κ2) is 10.3. The Morgan fingerprint density at radius 1 is 0.596 bits per heavy atom. The van der Waals surface area contributed by atoms with E-state index in [4.69, 9.17) is 4.42 Å². The van der Waals surface area contributed by atoms with Crippen molar-refractivity contribution in [2.24, 2.45) is 0 Å². The molecule has 0 radical (unpaired) electrons. The van der Waals surface area contributed by atoms with Crippen molar-refractivity contribution in [1.29, 1.82) is 0 Å². The number of hydrogen-bond donors (Lipinski definition) is 0. The lowest BCUT2D eigenvalue weighted by Crippen LogP contribution is -2.61. The first-order chi connectivity index (χ1) is 22.9. The van der Waals surface area contributed by atoms with Gasteiger partial charge >= 0.3 is 6.85 Å². The zero-order chi connectivity index (χ0) is 31.9. The van der Waals surface area contributed by atoms with E-state index in [0.717, 1.165) is 16.7 Å². The van der Waals surface area contributed by atoms with Crippen LogP contribution >= 0.6 is 0 Å². The maximum atomic E-state index is 6.30. The summed E-state index contributed by atoms with van der Waals surface area (Å²) in [6.45, 7) is 8.80. The molecule has 3 heterocycles. The zero-order valence-electron chi connectivity index (χ0n) is 27.2. The summed E-state index contributed by atoms with van der Waals surface area (Å²) in [5, 5.41) is 1.12. The quantitative estimate of drug-likeness (QED) is 0.187. The average Bonchev–Trinajstić information content (AvgIpc) is 3.48. The third-order valence-corrected chi connectivity index (χ3v) is 9.89. The lowest BCUT2D eigenvalue weighted by atomic mass is 9.43. The average molecular weight is 607 g/mol. The number of aryl methyl sites for hydroxylation is 1. The molecule has 47 heavy (non-hydrogen) atoms. The Balaban J connectivity index is 1.37. The minimum absolute atomic E-state index is 0.0549. The van der Waals surface area contributed by atoms with Gasteiger partial charge in [-0.1, -0.05) is 112 Å². The molecule has 2 aliphatic rings. The van der Waals surface area contributed by atoms with Gasteiger partial charge in [0.05, 0.1) is 0 Å². The van der Waals surface area contributed by atoms with Crippen LogP contribution in [0.3, 0.4) is 0 Å². The molecule has 6 aromatic carbocycles. The van der Waals surface area contributed by atoms with Gasteiger partial charge in [0, 0.05) is 45.0 Å². The number of rotatable bonds is 3. The van der Waals surface area contributed by atoms with Crippen molar-refractivity contribution in [1.82, 2.24) is 0 Å². The van der Waals surface area contributed by atoms with Crippen molar-refractivity contribution < 1.29 is 4.42 Å². The minimum atomic E-state index is -0.0549. The molecule has 0 aliphatic carbocycles. The highest BCUT2D eigenvalue weighted by atomic mass is 16.3. The van der Waals surface area contributed by atoms with Crippen LogP contribution in [0.4, 0.5) is 28.4 Å². The number of fused-ring (bicyclic) bond motifs is 5.